The van der Waals surface area contributed by atoms with Gasteiger partial charge in [-0.1, -0.05) is 36.6 Å². The molecule has 0 spiro atoms. The van der Waals surface area contributed by atoms with Gasteiger partial charge < -0.3 is 31.9 Å². The molecule has 45 heavy (non-hydrogen) atoms. The number of nitrogens with one attached hydrogen (secondary N) is 4. The highest BCUT2D eigenvalue weighted by molar-refractivity contribution is 5.90. The van der Waals surface area contributed by atoms with Crippen molar-refractivity contribution in [1.82, 2.24) is 40.5 Å². The first kappa shape index (κ1) is 33.0. The van der Waals surface area contributed by atoms with Crippen LogP contribution in [0.2, 0.25) is 0 Å². The molecule has 3 aromatic rings. The summed E-state index contributed by atoms with van der Waals surface area (Å²) in [7, 11) is 0. The minimum atomic E-state index is 0.207. The normalized spacial score (nSPS) is 16.3. The molecule has 12 nitrogen and oxygen atoms in total. The van der Waals surface area contributed by atoms with Crippen molar-refractivity contribution in [1.29, 1.82) is 0 Å². The standard InChI is InChI=1S/C33H53N11O/c34-17-6-13-31(45)43-23-15-27(16-24-43)38-32-29-11-4-5-12-30(29)39-33(40-32)37-21-14-28-25-44(42-41-28)22-8-19-35-18-7-20-36-26-9-2-1-3-10-26/h4-5,11-12,25-27,35-36H,1-3,6-10,13-24,34H2,(H2,37,38,39,40). The van der Waals surface area contributed by atoms with Gasteiger partial charge in [0, 0.05) is 62.7 Å². The number of fused-ring (bicyclic) bond motifs is 1. The number of likely N-dealkylation sites (tertiary alicyclic amines) is 1. The molecule has 2 aliphatic rings. The largest absolute Gasteiger partial charge is 0.367 e. The Morgan fingerprint density at radius 1 is 0.911 bits per heavy atom. The predicted octanol–water partition coefficient (Wildman–Crippen LogP) is 3.31. The van der Waals surface area contributed by atoms with Crippen molar-refractivity contribution in [3.63, 3.8) is 0 Å². The van der Waals surface area contributed by atoms with Gasteiger partial charge in [-0.25, -0.2) is 4.98 Å². The van der Waals surface area contributed by atoms with Crippen molar-refractivity contribution < 1.29 is 4.79 Å². The van der Waals surface area contributed by atoms with Crippen LogP contribution in [0.4, 0.5) is 11.8 Å². The van der Waals surface area contributed by atoms with Crippen molar-refractivity contribution in [2.75, 3.05) is 56.4 Å². The topological polar surface area (TPSA) is 151 Å². The quantitative estimate of drug-likeness (QED) is 0.134. The second-order valence-corrected chi connectivity index (χ2v) is 12.5. The van der Waals surface area contributed by atoms with Crippen LogP contribution in [0.15, 0.2) is 30.5 Å². The van der Waals surface area contributed by atoms with Crippen LogP contribution in [0.1, 0.15) is 76.3 Å². The van der Waals surface area contributed by atoms with Crippen LogP contribution in [0.3, 0.4) is 0 Å². The molecule has 1 saturated heterocycles. The van der Waals surface area contributed by atoms with E-state index >= 15 is 0 Å². The Morgan fingerprint density at radius 2 is 1.73 bits per heavy atom. The second-order valence-electron chi connectivity index (χ2n) is 12.5. The number of nitrogens with two attached hydrogens (primary N) is 1. The summed E-state index contributed by atoms with van der Waals surface area (Å²) in [6.07, 6.45) is 14.9. The van der Waals surface area contributed by atoms with Crippen molar-refractivity contribution in [3.05, 3.63) is 36.2 Å². The smallest absolute Gasteiger partial charge is 0.225 e. The lowest BCUT2D eigenvalue weighted by molar-refractivity contribution is -0.132. The lowest BCUT2D eigenvalue weighted by atomic mass is 9.95. The summed E-state index contributed by atoms with van der Waals surface area (Å²) in [4.78, 5) is 24.0. The van der Waals surface area contributed by atoms with E-state index in [0.717, 1.165) is 99.8 Å². The van der Waals surface area contributed by atoms with Crippen molar-refractivity contribution >= 4 is 28.6 Å². The zero-order valence-corrected chi connectivity index (χ0v) is 26.9. The molecule has 1 saturated carbocycles. The number of carbonyl (C=O) groups is 1. The molecule has 0 atom stereocenters. The molecule has 12 heteroatoms. The Balaban J connectivity index is 1.01. The first-order valence-electron chi connectivity index (χ1n) is 17.3. The molecule has 6 N–H and O–H groups in total. The molecular weight excluding hydrogens is 566 g/mol. The SMILES string of the molecule is NCCCC(=O)N1CCC(Nc2nc(NCCc3cn(CCCNCCCNC4CCCCC4)nn3)nc3ccccc23)CC1. The molecule has 0 radical (unpaired) electrons. The Bertz CT molecular complexity index is 1300. The number of amides is 1. The molecule has 0 unspecified atom stereocenters. The highest BCUT2D eigenvalue weighted by atomic mass is 16.2. The number of benzene rings is 1. The molecule has 1 amide bonds. The first-order valence-corrected chi connectivity index (χ1v) is 17.3. The molecule has 0 bridgehead atoms. The average molecular weight is 620 g/mol. The van der Waals surface area contributed by atoms with Gasteiger partial charge >= 0.3 is 0 Å². The molecule has 246 valence electrons. The van der Waals surface area contributed by atoms with Gasteiger partial charge in [0.15, 0.2) is 0 Å². The summed E-state index contributed by atoms with van der Waals surface area (Å²) in [5.74, 6) is 1.63. The lowest BCUT2D eigenvalue weighted by Gasteiger charge is -2.33. The fourth-order valence-electron chi connectivity index (χ4n) is 6.33. The van der Waals surface area contributed by atoms with Gasteiger partial charge in [0.1, 0.15) is 5.82 Å². The Kier molecular flexibility index (Phi) is 13.2. The average Bonchev–Trinajstić information content (AvgIpc) is 3.53. The van der Waals surface area contributed by atoms with Crippen molar-refractivity contribution in [3.8, 4) is 0 Å². The van der Waals surface area contributed by atoms with Crippen LogP contribution in [-0.4, -0.2) is 93.7 Å². The fourth-order valence-corrected chi connectivity index (χ4v) is 6.33. The van der Waals surface area contributed by atoms with E-state index in [1.165, 1.54) is 38.5 Å². The van der Waals surface area contributed by atoms with E-state index in [-0.39, 0.29) is 11.9 Å². The van der Waals surface area contributed by atoms with Gasteiger partial charge in [0.2, 0.25) is 11.9 Å². The number of hydrogen-bond acceptors (Lipinski definition) is 10. The number of aryl methyl sites for hydroxylation is 1. The van der Waals surface area contributed by atoms with Crippen molar-refractivity contribution in [2.45, 2.75) is 95.7 Å². The maximum atomic E-state index is 12.4. The molecule has 2 fully saturated rings. The first-order chi connectivity index (χ1) is 22.2. The summed E-state index contributed by atoms with van der Waals surface area (Å²) in [5.41, 5.74) is 7.42. The van der Waals surface area contributed by atoms with E-state index in [1.54, 1.807) is 0 Å². The van der Waals surface area contributed by atoms with Gasteiger partial charge in [-0.15, -0.1) is 5.10 Å². The number of hydrogen-bond donors (Lipinski definition) is 5. The second kappa shape index (κ2) is 18.0. The fraction of sp³-hybridized carbons (Fsp3) is 0.667. The summed E-state index contributed by atoms with van der Waals surface area (Å²) in [5, 5.41) is 24.0. The number of rotatable bonds is 18. The van der Waals surface area contributed by atoms with Crippen LogP contribution in [0.5, 0.6) is 0 Å². The minimum Gasteiger partial charge on any atom is -0.367 e. The third-order valence-corrected chi connectivity index (χ3v) is 8.95. The van der Waals surface area contributed by atoms with E-state index in [9.17, 15) is 4.79 Å². The number of carbonyl (C=O) groups excluding carboxylic acids is 1. The number of aromatic nitrogens is 5. The van der Waals surface area contributed by atoms with E-state index in [1.807, 2.05) is 34.0 Å². The van der Waals surface area contributed by atoms with E-state index < -0.39 is 0 Å². The zero-order valence-electron chi connectivity index (χ0n) is 26.9. The van der Waals surface area contributed by atoms with Gasteiger partial charge in [0.05, 0.1) is 11.2 Å². The van der Waals surface area contributed by atoms with Gasteiger partial charge in [0.25, 0.3) is 0 Å². The van der Waals surface area contributed by atoms with E-state index in [0.29, 0.717) is 25.5 Å². The van der Waals surface area contributed by atoms with Crippen LogP contribution >= 0.6 is 0 Å². The third kappa shape index (κ3) is 10.6. The maximum Gasteiger partial charge on any atom is 0.225 e. The van der Waals surface area contributed by atoms with Crippen LogP contribution in [-0.2, 0) is 17.8 Å². The molecule has 3 heterocycles. The highest BCUT2D eigenvalue weighted by Crippen LogP contribution is 2.25. The molecule has 1 aliphatic heterocycles. The number of nitrogens with zero attached hydrogens (tertiary/aromatic N) is 6. The van der Waals surface area contributed by atoms with Crippen molar-refractivity contribution in [2.24, 2.45) is 5.73 Å². The summed E-state index contributed by atoms with van der Waals surface area (Å²) < 4.78 is 1.94. The summed E-state index contributed by atoms with van der Waals surface area (Å²) in [6, 6.07) is 9.08. The summed E-state index contributed by atoms with van der Waals surface area (Å²) >= 11 is 0. The maximum absolute atomic E-state index is 12.4. The molecule has 2 aromatic heterocycles. The Labute approximate surface area is 267 Å². The van der Waals surface area contributed by atoms with Gasteiger partial charge in [-0.2, -0.15) is 4.98 Å². The molecule has 1 aliphatic carbocycles. The zero-order chi connectivity index (χ0) is 31.1. The molecular formula is C33H53N11O. The highest BCUT2D eigenvalue weighted by Gasteiger charge is 2.23. The van der Waals surface area contributed by atoms with Gasteiger partial charge in [-0.05, 0) is 83.3 Å². The predicted molar refractivity (Wildman–Crippen MR) is 180 cm³/mol. The number of anilines is 2. The van der Waals surface area contributed by atoms with Gasteiger partial charge in [-0.3, -0.25) is 9.48 Å². The number of para-hydroxylation sites is 1. The Morgan fingerprint density at radius 3 is 2.58 bits per heavy atom. The molecule has 5 rings (SSSR count). The molecule has 1 aromatic carbocycles. The third-order valence-electron chi connectivity index (χ3n) is 8.95. The van der Waals surface area contributed by atoms with Crippen LogP contribution < -0.4 is 27.0 Å². The number of piperidine rings is 1. The van der Waals surface area contributed by atoms with Crippen LogP contribution in [0, 0.1) is 0 Å². The van der Waals surface area contributed by atoms with E-state index in [2.05, 4.69) is 37.6 Å². The van der Waals surface area contributed by atoms with Crippen LogP contribution in [0.25, 0.3) is 10.9 Å². The monoisotopic (exact) mass is 619 g/mol. The Hall–Kier alpha value is -3.35. The summed E-state index contributed by atoms with van der Waals surface area (Å²) in [6.45, 7) is 6.74. The van der Waals surface area contributed by atoms with E-state index in [4.69, 9.17) is 15.7 Å². The minimum absolute atomic E-state index is 0.207. The lowest BCUT2D eigenvalue weighted by Crippen LogP contribution is -2.42.